The molecule has 0 aliphatic carbocycles. The minimum Gasteiger partial charge on any atom is -0.353 e. The molecule has 1 fully saturated rings. The number of carbonyl (C=O) groups is 1. The van der Waals surface area contributed by atoms with Crippen LogP contribution in [-0.4, -0.2) is 51.9 Å². The van der Waals surface area contributed by atoms with Gasteiger partial charge in [-0.1, -0.05) is 17.7 Å². The molecule has 3 aromatic rings. The maximum atomic E-state index is 12.6. The summed E-state index contributed by atoms with van der Waals surface area (Å²) in [6, 6.07) is 14.5. The highest BCUT2D eigenvalue weighted by Crippen LogP contribution is 2.19. The number of carbonyl (C=O) groups excluding carboxylic acids is 1. The minimum atomic E-state index is 0.0245. The lowest BCUT2D eigenvalue weighted by Gasteiger charge is -2.35. The van der Waals surface area contributed by atoms with E-state index in [0.717, 1.165) is 11.6 Å². The van der Waals surface area contributed by atoms with Gasteiger partial charge in [-0.15, -0.1) is 0 Å². The van der Waals surface area contributed by atoms with Crippen molar-refractivity contribution in [2.45, 2.75) is 0 Å². The predicted molar refractivity (Wildman–Crippen MR) is 109 cm³/mol. The lowest BCUT2D eigenvalue weighted by molar-refractivity contribution is 0.0746. The Kier molecular flexibility index (Phi) is 5.34. The first-order valence-corrected chi connectivity index (χ1v) is 9.37. The Morgan fingerprint density at radius 3 is 2.43 bits per heavy atom. The van der Waals surface area contributed by atoms with Crippen LogP contribution in [0, 0.1) is 0 Å². The van der Waals surface area contributed by atoms with Crippen LogP contribution in [0.2, 0.25) is 5.02 Å². The third-order valence-electron chi connectivity index (χ3n) is 4.56. The van der Waals surface area contributed by atoms with Crippen molar-refractivity contribution in [3.8, 4) is 0 Å². The molecule has 1 aromatic carbocycles. The minimum absolute atomic E-state index is 0.0245. The lowest BCUT2D eigenvalue weighted by atomic mass is 10.2. The molecule has 0 radical (unpaired) electrons. The van der Waals surface area contributed by atoms with E-state index in [-0.39, 0.29) is 5.91 Å². The van der Waals surface area contributed by atoms with Gasteiger partial charge in [0, 0.05) is 49.0 Å². The smallest absolute Gasteiger partial charge is 0.253 e. The van der Waals surface area contributed by atoms with Crippen molar-refractivity contribution in [3.05, 3.63) is 71.6 Å². The topological polar surface area (TPSA) is 74.2 Å². The molecule has 1 aliphatic rings. The van der Waals surface area contributed by atoms with Gasteiger partial charge in [0.15, 0.2) is 0 Å². The zero-order valence-electron chi connectivity index (χ0n) is 15.1. The SMILES string of the molecule is O=C(c1ccc(Cl)cc1)N1CCN(c2cc(Nc3ccccn3)ncn2)CC1. The number of benzene rings is 1. The summed E-state index contributed by atoms with van der Waals surface area (Å²) in [4.78, 5) is 29.5. The molecule has 4 rings (SSSR count). The quantitative estimate of drug-likeness (QED) is 0.732. The molecule has 7 nitrogen and oxygen atoms in total. The number of aromatic nitrogens is 3. The van der Waals surface area contributed by atoms with Crippen LogP contribution in [0.5, 0.6) is 0 Å². The Morgan fingerprint density at radius 2 is 1.71 bits per heavy atom. The van der Waals surface area contributed by atoms with Crippen LogP contribution in [0.1, 0.15) is 10.4 Å². The molecule has 28 heavy (non-hydrogen) atoms. The molecular formula is C20H19ClN6O. The molecule has 8 heteroatoms. The van der Waals surface area contributed by atoms with Crippen molar-refractivity contribution >= 4 is 35.0 Å². The second-order valence-electron chi connectivity index (χ2n) is 6.39. The number of rotatable bonds is 4. The number of amides is 1. The van der Waals surface area contributed by atoms with Crippen LogP contribution in [0.25, 0.3) is 0 Å². The number of anilines is 3. The normalized spacial score (nSPS) is 14.0. The van der Waals surface area contributed by atoms with E-state index in [1.54, 1.807) is 30.5 Å². The van der Waals surface area contributed by atoms with Gasteiger partial charge in [-0.25, -0.2) is 15.0 Å². The largest absolute Gasteiger partial charge is 0.353 e. The number of nitrogens with zero attached hydrogens (tertiary/aromatic N) is 5. The monoisotopic (exact) mass is 394 g/mol. The Bertz CT molecular complexity index is 942. The van der Waals surface area contributed by atoms with Gasteiger partial charge < -0.3 is 15.1 Å². The molecule has 0 bridgehead atoms. The molecule has 142 valence electrons. The average Bonchev–Trinajstić information content (AvgIpc) is 2.75. The first-order chi connectivity index (χ1) is 13.7. The highest BCUT2D eigenvalue weighted by atomic mass is 35.5. The molecule has 3 heterocycles. The second kappa shape index (κ2) is 8.22. The van der Waals surface area contributed by atoms with Gasteiger partial charge in [-0.05, 0) is 36.4 Å². The van der Waals surface area contributed by atoms with E-state index >= 15 is 0 Å². The average molecular weight is 395 g/mol. The van der Waals surface area contributed by atoms with Gasteiger partial charge in [-0.2, -0.15) is 0 Å². The van der Waals surface area contributed by atoms with Gasteiger partial charge in [0.2, 0.25) is 0 Å². The molecule has 1 saturated heterocycles. The Balaban J connectivity index is 1.39. The molecule has 1 amide bonds. The third-order valence-corrected chi connectivity index (χ3v) is 4.81. The fourth-order valence-corrected chi connectivity index (χ4v) is 3.20. The van der Waals surface area contributed by atoms with Crippen LogP contribution in [-0.2, 0) is 0 Å². The van der Waals surface area contributed by atoms with Gasteiger partial charge >= 0.3 is 0 Å². The number of hydrogen-bond acceptors (Lipinski definition) is 6. The summed E-state index contributed by atoms with van der Waals surface area (Å²) in [6.45, 7) is 2.68. The molecular weight excluding hydrogens is 376 g/mol. The van der Waals surface area contributed by atoms with Crippen LogP contribution in [0.15, 0.2) is 61.1 Å². The maximum Gasteiger partial charge on any atom is 0.253 e. The van der Waals surface area contributed by atoms with Crippen molar-refractivity contribution < 1.29 is 4.79 Å². The first-order valence-electron chi connectivity index (χ1n) is 8.99. The third kappa shape index (κ3) is 4.20. The van der Waals surface area contributed by atoms with Crippen molar-refractivity contribution in [2.75, 3.05) is 36.4 Å². The maximum absolute atomic E-state index is 12.6. The van der Waals surface area contributed by atoms with E-state index in [1.807, 2.05) is 29.2 Å². The summed E-state index contributed by atoms with van der Waals surface area (Å²) >= 11 is 5.90. The van der Waals surface area contributed by atoms with Crippen LogP contribution in [0.4, 0.5) is 17.5 Å². The van der Waals surface area contributed by atoms with Crippen LogP contribution < -0.4 is 10.2 Å². The fourth-order valence-electron chi connectivity index (χ4n) is 3.07. The Labute approximate surface area is 168 Å². The Hall–Kier alpha value is -3.19. The second-order valence-corrected chi connectivity index (χ2v) is 6.82. The summed E-state index contributed by atoms with van der Waals surface area (Å²) in [7, 11) is 0. The van der Waals surface area contributed by atoms with Crippen LogP contribution in [0.3, 0.4) is 0 Å². The number of pyridine rings is 1. The van der Waals surface area contributed by atoms with Crippen molar-refractivity contribution in [3.63, 3.8) is 0 Å². The molecule has 1 N–H and O–H groups in total. The van der Waals surface area contributed by atoms with E-state index in [0.29, 0.717) is 42.6 Å². The highest BCUT2D eigenvalue weighted by molar-refractivity contribution is 6.30. The van der Waals surface area contributed by atoms with Gasteiger partial charge in [0.05, 0.1) is 0 Å². The molecule has 0 spiro atoms. The number of nitrogens with one attached hydrogen (secondary N) is 1. The summed E-state index contributed by atoms with van der Waals surface area (Å²) in [5, 5.41) is 3.80. The van der Waals surface area contributed by atoms with E-state index in [9.17, 15) is 4.79 Å². The molecule has 1 aliphatic heterocycles. The first kappa shape index (κ1) is 18.2. The van der Waals surface area contributed by atoms with Gasteiger partial charge in [0.25, 0.3) is 5.91 Å². The Morgan fingerprint density at radius 1 is 0.929 bits per heavy atom. The van der Waals surface area contributed by atoms with Crippen LogP contribution >= 0.6 is 11.6 Å². The standard InChI is InChI=1S/C20H19ClN6O/c21-16-6-4-15(5-7-16)20(28)27-11-9-26(10-12-27)19-13-18(23-14-24-19)25-17-3-1-2-8-22-17/h1-8,13-14H,9-12H2,(H,22,23,24,25). The number of halogens is 1. The van der Waals surface area contributed by atoms with E-state index in [1.165, 1.54) is 6.33 Å². The van der Waals surface area contributed by atoms with Gasteiger partial charge in [-0.3, -0.25) is 4.79 Å². The fraction of sp³-hybridized carbons (Fsp3) is 0.200. The molecule has 2 aromatic heterocycles. The zero-order chi connectivity index (χ0) is 19.3. The molecule has 0 saturated carbocycles. The van der Waals surface area contributed by atoms with E-state index < -0.39 is 0 Å². The van der Waals surface area contributed by atoms with Crippen molar-refractivity contribution in [1.82, 2.24) is 19.9 Å². The van der Waals surface area contributed by atoms with Gasteiger partial charge in [0.1, 0.15) is 23.8 Å². The van der Waals surface area contributed by atoms with E-state index in [4.69, 9.17) is 11.6 Å². The summed E-state index contributed by atoms with van der Waals surface area (Å²) in [5.74, 6) is 2.26. The summed E-state index contributed by atoms with van der Waals surface area (Å²) in [6.07, 6.45) is 3.26. The highest BCUT2D eigenvalue weighted by Gasteiger charge is 2.23. The predicted octanol–water partition coefficient (Wildman–Crippen LogP) is 3.23. The summed E-state index contributed by atoms with van der Waals surface area (Å²) < 4.78 is 0. The van der Waals surface area contributed by atoms with E-state index in [2.05, 4.69) is 25.2 Å². The number of hydrogen-bond donors (Lipinski definition) is 1. The number of piperazine rings is 1. The summed E-state index contributed by atoms with van der Waals surface area (Å²) in [5.41, 5.74) is 0.654. The van der Waals surface area contributed by atoms with Crippen molar-refractivity contribution in [1.29, 1.82) is 0 Å². The lowest BCUT2D eigenvalue weighted by Crippen LogP contribution is -2.49. The van der Waals surface area contributed by atoms with Crippen molar-refractivity contribution in [2.24, 2.45) is 0 Å². The molecule has 0 unspecified atom stereocenters. The molecule has 0 atom stereocenters. The zero-order valence-corrected chi connectivity index (χ0v) is 15.9.